The van der Waals surface area contributed by atoms with E-state index in [0.717, 1.165) is 24.5 Å². The number of carbonyl (C=O) groups is 1. The lowest BCUT2D eigenvalue weighted by Crippen LogP contribution is -2.36. The topological polar surface area (TPSA) is 46.5 Å². The van der Waals surface area contributed by atoms with Crippen molar-refractivity contribution in [3.8, 4) is 11.4 Å². The molecule has 1 amide bonds. The molecule has 0 aliphatic carbocycles. The summed E-state index contributed by atoms with van der Waals surface area (Å²) in [7, 11) is 1.68. The van der Waals surface area contributed by atoms with E-state index in [1.807, 2.05) is 65.5 Å². The van der Waals surface area contributed by atoms with Gasteiger partial charge in [-0.3, -0.25) is 9.69 Å². The molecule has 0 radical (unpaired) electrons. The van der Waals surface area contributed by atoms with Crippen LogP contribution in [0.2, 0.25) is 0 Å². The van der Waals surface area contributed by atoms with Crippen molar-refractivity contribution >= 4 is 5.91 Å². The lowest BCUT2D eigenvalue weighted by atomic mass is 10.0. The normalized spacial score (nSPS) is 15.2. The molecule has 1 fully saturated rings. The zero-order valence-electron chi connectivity index (χ0n) is 16.8. The van der Waals surface area contributed by atoms with Crippen molar-refractivity contribution in [2.24, 2.45) is 0 Å². The molecule has 2 aromatic carbocycles. The molecular weight excluding hydrogens is 362 g/mol. The van der Waals surface area contributed by atoms with Gasteiger partial charge < -0.3 is 14.6 Å². The van der Waals surface area contributed by atoms with E-state index >= 15 is 0 Å². The Labute approximate surface area is 171 Å². The van der Waals surface area contributed by atoms with E-state index in [9.17, 15) is 4.79 Å². The molecule has 4 rings (SSSR count). The van der Waals surface area contributed by atoms with Crippen molar-refractivity contribution in [1.82, 2.24) is 14.8 Å². The number of amides is 1. The number of hydrogen-bond acceptors (Lipinski definition) is 3. The van der Waals surface area contributed by atoms with Gasteiger partial charge in [0.15, 0.2) is 0 Å². The van der Waals surface area contributed by atoms with Crippen LogP contribution in [-0.4, -0.2) is 42.1 Å². The zero-order chi connectivity index (χ0) is 20.1. The number of rotatable bonds is 7. The molecule has 5 nitrogen and oxygen atoms in total. The first-order valence-electron chi connectivity index (χ1n) is 10.1. The quantitative estimate of drug-likeness (QED) is 0.663. The average Bonchev–Trinajstić information content (AvgIpc) is 3.49. The van der Waals surface area contributed by atoms with E-state index in [-0.39, 0.29) is 11.9 Å². The van der Waals surface area contributed by atoms with E-state index in [4.69, 9.17) is 4.74 Å². The first-order chi connectivity index (χ1) is 14.2. The average molecular weight is 389 g/mol. The van der Waals surface area contributed by atoms with Crippen LogP contribution >= 0.6 is 0 Å². The van der Waals surface area contributed by atoms with Crippen molar-refractivity contribution < 1.29 is 9.53 Å². The summed E-state index contributed by atoms with van der Waals surface area (Å²) < 4.78 is 7.29. The summed E-state index contributed by atoms with van der Waals surface area (Å²) in [5.41, 5.74) is 2.86. The summed E-state index contributed by atoms with van der Waals surface area (Å²) in [6, 6.07) is 20.0. The van der Waals surface area contributed by atoms with Crippen LogP contribution in [0.15, 0.2) is 73.1 Å². The number of aromatic nitrogens is 1. The van der Waals surface area contributed by atoms with Gasteiger partial charge in [-0.15, -0.1) is 0 Å². The van der Waals surface area contributed by atoms with Crippen LogP contribution in [0.4, 0.5) is 0 Å². The number of hydrogen-bond donors (Lipinski definition) is 1. The van der Waals surface area contributed by atoms with Gasteiger partial charge in [0.1, 0.15) is 5.75 Å². The highest BCUT2D eigenvalue weighted by atomic mass is 16.5. The molecule has 1 aliphatic heterocycles. The van der Waals surface area contributed by atoms with Crippen molar-refractivity contribution in [3.63, 3.8) is 0 Å². The number of methoxy groups -OCH3 is 1. The fourth-order valence-electron chi connectivity index (χ4n) is 3.94. The van der Waals surface area contributed by atoms with Gasteiger partial charge in [0.2, 0.25) is 0 Å². The van der Waals surface area contributed by atoms with Gasteiger partial charge in [0, 0.05) is 30.2 Å². The lowest BCUT2D eigenvalue weighted by molar-refractivity contribution is 0.0938. The van der Waals surface area contributed by atoms with Crippen molar-refractivity contribution in [2.45, 2.75) is 18.9 Å². The molecule has 150 valence electrons. The van der Waals surface area contributed by atoms with Gasteiger partial charge >= 0.3 is 0 Å². The Morgan fingerprint density at radius 3 is 2.45 bits per heavy atom. The van der Waals surface area contributed by atoms with Gasteiger partial charge in [-0.2, -0.15) is 0 Å². The molecule has 1 N–H and O–H groups in total. The molecule has 0 bridgehead atoms. The Hall–Kier alpha value is -3.05. The van der Waals surface area contributed by atoms with Crippen LogP contribution in [0, 0.1) is 0 Å². The number of nitrogens with zero attached hydrogens (tertiary/aromatic N) is 2. The number of nitrogens with one attached hydrogen (secondary N) is 1. The Morgan fingerprint density at radius 1 is 1.03 bits per heavy atom. The van der Waals surface area contributed by atoms with Crippen molar-refractivity contribution in [2.75, 3.05) is 26.7 Å². The maximum atomic E-state index is 12.9. The largest absolute Gasteiger partial charge is 0.497 e. The minimum absolute atomic E-state index is 0.0447. The maximum absolute atomic E-state index is 12.9. The number of benzene rings is 2. The lowest BCUT2D eigenvalue weighted by Gasteiger charge is -2.28. The molecule has 1 aliphatic rings. The molecule has 0 saturated carbocycles. The summed E-state index contributed by atoms with van der Waals surface area (Å²) >= 11 is 0. The highest BCUT2D eigenvalue weighted by molar-refractivity contribution is 5.94. The number of carbonyl (C=O) groups excluding carboxylic acids is 1. The smallest absolute Gasteiger partial charge is 0.251 e. The van der Waals surface area contributed by atoms with Gasteiger partial charge in [-0.05, 0) is 74.0 Å². The van der Waals surface area contributed by atoms with E-state index in [1.165, 1.54) is 18.4 Å². The summed E-state index contributed by atoms with van der Waals surface area (Å²) in [5, 5.41) is 3.15. The van der Waals surface area contributed by atoms with E-state index in [0.29, 0.717) is 12.1 Å². The predicted molar refractivity (Wildman–Crippen MR) is 115 cm³/mol. The second-order valence-electron chi connectivity index (χ2n) is 7.38. The SMILES string of the molecule is COc1ccc([C@H](CNC(=O)c2cccc(-n3cccc3)c2)N2CCCC2)cc1. The van der Waals surface area contributed by atoms with Gasteiger partial charge in [-0.1, -0.05) is 18.2 Å². The van der Waals surface area contributed by atoms with Crippen LogP contribution in [0.5, 0.6) is 5.75 Å². The van der Waals surface area contributed by atoms with Crippen LogP contribution in [0.25, 0.3) is 5.69 Å². The third kappa shape index (κ3) is 4.51. The van der Waals surface area contributed by atoms with Crippen LogP contribution in [0.1, 0.15) is 34.8 Å². The molecule has 5 heteroatoms. The Kier molecular flexibility index (Phi) is 5.96. The first kappa shape index (κ1) is 19.3. The third-order valence-electron chi connectivity index (χ3n) is 5.55. The molecule has 29 heavy (non-hydrogen) atoms. The minimum Gasteiger partial charge on any atom is -0.497 e. The second-order valence-corrected chi connectivity index (χ2v) is 7.38. The Bertz CT molecular complexity index is 929. The van der Waals surface area contributed by atoms with Crippen LogP contribution in [-0.2, 0) is 0 Å². The standard InChI is InChI=1S/C24H27N3O2/c1-29-22-11-9-19(10-12-22)23(27-15-4-5-16-27)18-25-24(28)20-7-6-8-21(17-20)26-13-2-3-14-26/h2-3,6-14,17,23H,4-5,15-16,18H2,1H3,(H,25,28)/t23-/m0/s1. The van der Waals surface area contributed by atoms with Gasteiger partial charge in [0.25, 0.3) is 5.91 Å². The van der Waals surface area contributed by atoms with Crippen molar-refractivity contribution in [3.05, 3.63) is 84.2 Å². The summed E-state index contributed by atoms with van der Waals surface area (Å²) in [4.78, 5) is 15.3. The third-order valence-corrected chi connectivity index (χ3v) is 5.55. The Balaban J connectivity index is 1.48. The predicted octanol–water partition coefficient (Wildman–Crippen LogP) is 4.05. The van der Waals surface area contributed by atoms with Crippen molar-refractivity contribution in [1.29, 1.82) is 0 Å². The summed E-state index contributed by atoms with van der Waals surface area (Å²) in [6.07, 6.45) is 6.37. The zero-order valence-corrected chi connectivity index (χ0v) is 16.8. The number of ether oxygens (including phenoxy) is 1. The monoisotopic (exact) mass is 389 g/mol. The molecule has 2 heterocycles. The first-order valence-corrected chi connectivity index (χ1v) is 10.1. The van der Waals surface area contributed by atoms with E-state index in [1.54, 1.807) is 7.11 Å². The fraction of sp³-hybridized carbons (Fsp3) is 0.292. The molecule has 3 aromatic rings. The fourth-order valence-corrected chi connectivity index (χ4v) is 3.94. The molecule has 0 unspecified atom stereocenters. The highest BCUT2D eigenvalue weighted by Gasteiger charge is 2.24. The minimum atomic E-state index is -0.0447. The van der Waals surface area contributed by atoms with Crippen LogP contribution in [0.3, 0.4) is 0 Å². The summed E-state index contributed by atoms with van der Waals surface area (Å²) in [6.45, 7) is 2.71. The van der Waals surface area contributed by atoms with Crippen LogP contribution < -0.4 is 10.1 Å². The molecule has 1 aromatic heterocycles. The highest BCUT2D eigenvalue weighted by Crippen LogP contribution is 2.26. The van der Waals surface area contributed by atoms with E-state index in [2.05, 4.69) is 22.3 Å². The van der Waals surface area contributed by atoms with E-state index < -0.39 is 0 Å². The summed E-state index contributed by atoms with van der Waals surface area (Å²) in [5.74, 6) is 0.802. The maximum Gasteiger partial charge on any atom is 0.251 e. The Morgan fingerprint density at radius 2 is 1.76 bits per heavy atom. The molecule has 1 saturated heterocycles. The molecular formula is C24H27N3O2. The molecule has 1 atom stereocenters. The van der Waals surface area contributed by atoms with Gasteiger partial charge in [0.05, 0.1) is 13.2 Å². The van der Waals surface area contributed by atoms with Gasteiger partial charge in [-0.25, -0.2) is 0 Å². The molecule has 0 spiro atoms. The second kappa shape index (κ2) is 8.97. The number of likely N-dealkylation sites (tertiary alicyclic amines) is 1.